The minimum absolute atomic E-state index is 0.111. The van der Waals surface area contributed by atoms with Gasteiger partial charge in [-0.1, -0.05) is 41.0 Å². The first-order valence-corrected chi connectivity index (χ1v) is 32.4. The lowest BCUT2D eigenvalue weighted by molar-refractivity contribution is -0.319. The Kier molecular flexibility index (Phi) is 29.7. The number of aliphatic hydroxyl groups is 7. The summed E-state index contributed by atoms with van der Waals surface area (Å²) < 4.78 is 74.9. The number of nitrogens with two attached hydrogens (primary N) is 1. The third kappa shape index (κ3) is 19.5. The van der Waals surface area contributed by atoms with Crippen LogP contribution in [-0.2, 0) is 62.6 Å². The second kappa shape index (κ2) is 32.5. The maximum atomic E-state index is 14.2. The van der Waals surface area contributed by atoms with Crippen molar-refractivity contribution >= 4 is 51.3 Å². The number of carbonyl (C=O) groups is 3. The molecule has 0 aliphatic carbocycles. The van der Waals surface area contributed by atoms with Crippen LogP contribution in [0.2, 0.25) is 0 Å². The van der Waals surface area contributed by atoms with E-state index in [4.69, 9.17) is 62.5 Å². The Morgan fingerprint density at radius 2 is 1.46 bits per heavy atom. The Hall–Kier alpha value is -1.52. The summed E-state index contributed by atoms with van der Waals surface area (Å²) in [6.07, 6.45) is -8.83. The van der Waals surface area contributed by atoms with Crippen molar-refractivity contribution in [1.82, 2.24) is 15.1 Å². The summed E-state index contributed by atoms with van der Waals surface area (Å²) in [7, 11) is 4.54. The molecule has 28 heteroatoms. The fraction of sp³-hybridized carbons (Fsp3) is 0.946. The second-order valence-corrected chi connectivity index (χ2v) is 27.5. The highest BCUT2D eigenvalue weighted by Crippen LogP contribution is 2.42. The number of likely N-dealkylation sites (N-methyl/N-ethyl adjacent to an activating group) is 2. The van der Waals surface area contributed by atoms with Crippen LogP contribution < -0.4 is 10.5 Å². The van der Waals surface area contributed by atoms with Crippen molar-refractivity contribution in [1.29, 1.82) is 0 Å². The highest BCUT2D eigenvalue weighted by molar-refractivity contribution is 7.99. The van der Waals surface area contributed by atoms with E-state index in [1.165, 1.54) is 32.9 Å². The number of ketones is 1. The molecule has 5 aliphatic heterocycles. The molecule has 0 spiro atoms. The number of carbonyl (C=O) groups excluding carboxylic acids is 3. The lowest BCUT2D eigenvalue weighted by Gasteiger charge is -2.50. The minimum Gasteiger partial charge on any atom is -0.459 e. The fourth-order valence-corrected chi connectivity index (χ4v) is 13.6. The largest absolute Gasteiger partial charge is 0.459 e. The van der Waals surface area contributed by atoms with Crippen molar-refractivity contribution in [3.63, 3.8) is 0 Å². The van der Waals surface area contributed by atoms with E-state index in [2.05, 4.69) is 17.4 Å². The first-order chi connectivity index (χ1) is 38.7. The first-order valence-electron chi connectivity index (χ1n) is 29.2. The van der Waals surface area contributed by atoms with E-state index in [-0.39, 0.29) is 49.1 Å². The van der Waals surface area contributed by atoms with Gasteiger partial charge in [-0.15, -0.1) is 23.4 Å². The van der Waals surface area contributed by atoms with E-state index in [0.717, 1.165) is 25.8 Å². The van der Waals surface area contributed by atoms with Gasteiger partial charge >= 0.3 is 16.3 Å². The number of likely N-dealkylation sites (tertiary alicyclic amines) is 1. The van der Waals surface area contributed by atoms with Crippen LogP contribution in [0.5, 0.6) is 0 Å². The van der Waals surface area contributed by atoms with E-state index in [1.807, 2.05) is 44.8 Å². The van der Waals surface area contributed by atoms with Gasteiger partial charge in [-0.2, -0.15) is 8.42 Å². The molecule has 0 aromatic heterocycles. The number of alkyl halides is 1. The summed E-state index contributed by atoms with van der Waals surface area (Å²) in [5.74, 6) is -4.12. The molecule has 5 fully saturated rings. The highest BCUT2D eigenvalue weighted by Gasteiger charge is 2.55. The zero-order valence-corrected chi connectivity index (χ0v) is 55.0. The highest BCUT2D eigenvalue weighted by atomic mass is 35.5. The van der Waals surface area contributed by atoms with Crippen LogP contribution in [0.25, 0.3) is 0 Å². The first kappa shape index (κ1) is 76.7. The number of rotatable bonds is 15. The van der Waals surface area contributed by atoms with Crippen LogP contribution in [0.3, 0.4) is 0 Å². The third-order valence-electron chi connectivity index (χ3n) is 17.9. The molecule has 5 rings (SSSR count). The minimum atomic E-state index is -4.17. The Labute approximate surface area is 507 Å². The number of esters is 1. The number of ether oxygens (including phenoxy) is 8. The Balaban J connectivity index is 0.000000479. The number of halogens is 1. The van der Waals surface area contributed by atoms with Gasteiger partial charge in [0.25, 0.3) is 0 Å². The van der Waals surface area contributed by atoms with Gasteiger partial charge in [0.05, 0.1) is 65.1 Å². The van der Waals surface area contributed by atoms with Crippen molar-refractivity contribution < 1.29 is 101 Å². The van der Waals surface area contributed by atoms with Gasteiger partial charge in [0.1, 0.15) is 59.5 Å². The van der Waals surface area contributed by atoms with Gasteiger partial charge in [-0.05, 0) is 114 Å². The molecule has 0 radical (unpaired) electrons. The number of methoxy groups -OCH3 is 2. The Morgan fingerprint density at radius 1 is 0.881 bits per heavy atom. The summed E-state index contributed by atoms with van der Waals surface area (Å²) in [6, 6.07) is -1.22. The summed E-state index contributed by atoms with van der Waals surface area (Å²) in [5.41, 5.74) is -4.95. The molecule has 1 amide bonds. The van der Waals surface area contributed by atoms with Gasteiger partial charge in [-0.25, -0.2) is 5.14 Å². The van der Waals surface area contributed by atoms with Crippen LogP contribution in [0.1, 0.15) is 128 Å². The zero-order chi connectivity index (χ0) is 64.5. The predicted molar refractivity (Wildman–Crippen MR) is 314 cm³/mol. The second-order valence-electron chi connectivity index (χ2n) is 24.9. The van der Waals surface area contributed by atoms with Crippen LogP contribution in [-0.4, -0.2) is 256 Å². The topological polar surface area (TPSA) is 366 Å². The van der Waals surface area contributed by atoms with Crippen LogP contribution in [0.15, 0.2) is 0 Å². The van der Waals surface area contributed by atoms with E-state index in [1.54, 1.807) is 61.6 Å². The Bertz CT molecular complexity index is 2170. The molecule has 5 heterocycles. The number of thioether (sulfide) groups is 1. The van der Waals surface area contributed by atoms with Crippen LogP contribution >= 0.6 is 23.4 Å². The van der Waals surface area contributed by atoms with E-state index in [9.17, 15) is 50.1 Å². The van der Waals surface area contributed by atoms with Gasteiger partial charge < -0.3 is 83.9 Å². The van der Waals surface area contributed by atoms with Gasteiger partial charge in [-0.3, -0.25) is 23.8 Å². The lowest BCUT2D eigenvalue weighted by Crippen LogP contribution is -2.65. The molecule has 0 aromatic carbocycles. The predicted octanol–water partition coefficient (Wildman–Crippen LogP) is 1.58. The quantitative estimate of drug-likeness (QED) is 0.0632. The summed E-state index contributed by atoms with van der Waals surface area (Å²) in [4.78, 5) is 45.0. The van der Waals surface area contributed by atoms with Crippen molar-refractivity contribution in [2.45, 2.75) is 260 Å². The molecule has 5 saturated heterocycles. The van der Waals surface area contributed by atoms with Gasteiger partial charge in [0.15, 0.2) is 12.6 Å². The van der Waals surface area contributed by atoms with Crippen molar-refractivity contribution in [3.05, 3.63) is 0 Å². The molecule has 0 aromatic rings. The number of cyclic esters (lactones) is 1. The fourth-order valence-electron chi connectivity index (χ4n) is 12.7. The van der Waals surface area contributed by atoms with Crippen LogP contribution in [0, 0.1) is 29.6 Å². The molecule has 84 heavy (non-hydrogen) atoms. The van der Waals surface area contributed by atoms with Gasteiger partial charge in [0.2, 0.25) is 5.91 Å². The molecule has 494 valence electrons. The normalized spacial score (nSPS) is 43.9. The SMILES string of the molecule is CCC[C@@H]1C[C@@H](C(=O)NC(C(C)Cl)[C@H]2O[C@H](SC)[C@H](O)[C@@H](O)[C@H]2O)N(C)C1.CC[C@H]1OC(=O)[C@H](C)[C@@H](O[C@H]2C[C@@](C)(OC)[C@@H](O)[C@H](C)O2)[C@H](C)[C@@H](O[C@@H]2O[C@H](C)C[C@H](N(C)C)[C@H]2O)[C@](C)(OC)C[C@@H](C)C(=O)[C@H](C)[C@@H](O)[C@]1(C)O.NS(=O)(=O)O. The van der Waals surface area contributed by atoms with Crippen molar-refractivity contribution in [3.8, 4) is 0 Å². The molecular weight excluding hydrogens is 1160 g/mol. The number of hydrogen-bond donors (Lipinski definition) is 10. The monoisotopic (exact) mass is 1270 g/mol. The molecule has 11 N–H and O–H groups in total. The van der Waals surface area contributed by atoms with Crippen LogP contribution in [0.4, 0.5) is 0 Å². The maximum absolute atomic E-state index is 14.2. The van der Waals surface area contributed by atoms with E-state index < -0.39 is 153 Å². The summed E-state index contributed by atoms with van der Waals surface area (Å²) in [6.45, 7) is 21.8. The molecule has 0 saturated carbocycles. The number of aliphatic hydroxyl groups excluding tert-OH is 6. The average molecular weight is 1270 g/mol. The lowest BCUT2D eigenvalue weighted by atomic mass is 9.74. The zero-order valence-electron chi connectivity index (χ0n) is 52.6. The molecule has 25 nitrogen and oxygen atoms in total. The van der Waals surface area contributed by atoms with Gasteiger partial charge in [0, 0.05) is 51.0 Å². The summed E-state index contributed by atoms with van der Waals surface area (Å²) >= 11 is 7.55. The smallest absolute Gasteiger partial charge is 0.330 e. The third-order valence-corrected chi connectivity index (χ3v) is 19.0. The number of Topliss-reactive ketones (excluding diaryl/α,β-unsaturated/α-hetero) is 1. The maximum Gasteiger partial charge on any atom is 0.330 e. The molecule has 27 atom stereocenters. The molecule has 2 unspecified atom stereocenters. The van der Waals surface area contributed by atoms with Crippen molar-refractivity contribution in [2.75, 3.05) is 48.2 Å². The van der Waals surface area contributed by atoms with E-state index in [0.29, 0.717) is 12.3 Å². The number of nitrogens with zero attached hydrogens (tertiary/aromatic N) is 2. The number of amides is 1. The number of hydrogen-bond acceptors (Lipinski definition) is 23. The summed E-state index contributed by atoms with van der Waals surface area (Å²) in [5, 5.41) is 82.5. The molecular formula is C56H105ClN4O21S2. The van der Waals surface area contributed by atoms with Crippen molar-refractivity contribution in [2.24, 2.45) is 34.7 Å². The average Bonchev–Trinajstić information content (AvgIpc) is 2.13. The molecule has 0 bridgehead atoms. The molecule has 5 aliphatic rings. The standard InChI is InChI=1S/C38H69NO13.C18H33ClN2O5S.H3NO3S/c1-15-26-38(10,45)31(42)21(4)28(40)19(2)17-37(9,47-14)33(52-35-29(41)25(39(11)12)16-20(3)48-35)22(5)30(23(6)34(44)50-26)51-27-18-36(8,46-13)32(43)24(7)49-27;1-5-6-10-7-11(21(3)8-10)17(25)20-12(9(2)19)16-14(23)13(22)15(24)18(26-16)27-4;1-5(2,3)4/h19-27,29-33,35,41-43,45H,15-18H2,1-14H3;9-16,18,22-24H,5-8H2,1-4H3,(H,20,25);(H3,1,2,3,4)/t19-,20-,21+,22+,23-,24+,25+,26-,27+,29-,30+,31-,32+,33-,35+,36-,37-,38-;9?,10-,11+,12?,13+,14-,15-,16-,18-;/m11./s1. The number of nitrogens with one attached hydrogen (secondary N) is 1. The Morgan fingerprint density at radius 3 is 1.98 bits per heavy atom. The van der Waals surface area contributed by atoms with E-state index >= 15 is 0 Å².